The third kappa shape index (κ3) is 2.51. The third-order valence-corrected chi connectivity index (χ3v) is 4.09. The average molecular weight is 281 g/mol. The van der Waals surface area contributed by atoms with Gasteiger partial charge in [0.25, 0.3) is 0 Å². The topological polar surface area (TPSA) is 38.3 Å². The van der Waals surface area contributed by atoms with Gasteiger partial charge in [0.1, 0.15) is 0 Å². The second-order valence-electron chi connectivity index (χ2n) is 5.43. The average Bonchev–Trinajstić information content (AvgIpc) is 2.52. The lowest BCUT2D eigenvalue weighted by Gasteiger charge is -2.36. The molecule has 1 aromatic carbocycles. The van der Waals surface area contributed by atoms with Gasteiger partial charge < -0.3 is 10.1 Å². The molecule has 0 radical (unpaired) electrons. The molecule has 1 N–H and O–H groups in total. The number of rotatable bonds is 2. The number of hydrogen-bond acceptors (Lipinski definition) is 3. The fourth-order valence-electron chi connectivity index (χ4n) is 2.96. The van der Waals surface area contributed by atoms with Gasteiger partial charge in [-0.25, -0.2) is 0 Å². The minimum absolute atomic E-state index is 0.213. The van der Waals surface area contributed by atoms with E-state index in [1.807, 2.05) is 18.2 Å². The van der Waals surface area contributed by atoms with E-state index in [4.69, 9.17) is 4.74 Å². The summed E-state index contributed by atoms with van der Waals surface area (Å²) in [5, 5.41) is 3.60. The van der Waals surface area contributed by atoms with Crippen molar-refractivity contribution in [3.63, 3.8) is 0 Å². The Morgan fingerprint density at radius 3 is 3.00 bits per heavy atom. The molecule has 0 fully saturated rings. The smallest absolute Gasteiger partial charge is 0.309 e. The molecule has 1 heterocycles. The van der Waals surface area contributed by atoms with Gasteiger partial charge in [0.15, 0.2) is 0 Å². The van der Waals surface area contributed by atoms with Crippen molar-refractivity contribution >= 4 is 17.2 Å². The van der Waals surface area contributed by atoms with Gasteiger partial charge in [-0.2, -0.15) is 0 Å². The highest BCUT2D eigenvalue weighted by molar-refractivity contribution is 5.92. The molecule has 2 atom stereocenters. The maximum absolute atomic E-state index is 11.5. The molecule has 21 heavy (non-hydrogen) atoms. The fourth-order valence-corrected chi connectivity index (χ4v) is 2.96. The van der Waals surface area contributed by atoms with Crippen molar-refractivity contribution in [1.82, 2.24) is 0 Å². The quantitative estimate of drug-likeness (QED) is 0.842. The van der Waals surface area contributed by atoms with Crippen LogP contribution in [0.3, 0.4) is 0 Å². The van der Waals surface area contributed by atoms with Gasteiger partial charge in [-0.15, -0.1) is 0 Å². The maximum Gasteiger partial charge on any atom is 0.309 e. The lowest BCUT2D eigenvalue weighted by molar-refractivity contribution is -0.139. The van der Waals surface area contributed by atoms with Crippen LogP contribution in [0, 0.1) is 5.92 Å². The number of carbonyl (C=O) groups is 1. The molecule has 0 saturated carbocycles. The van der Waals surface area contributed by atoms with Crippen molar-refractivity contribution in [1.29, 1.82) is 0 Å². The monoisotopic (exact) mass is 281 g/mol. The van der Waals surface area contributed by atoms with Gasteiger partial charge in [0, 0.05) is 11.3 Å². The van der Waals surface area contributed by atoms with Crippen LogP contribution in [0.1, 0.15) is 18.9 Å². The minimum Gasteiger partial charge on any atom is -0.469 e. The lowest BCUT2D eigenvalue weighted by atomic mass is 9.79. The Morgan fingerprint density at radius 2 is 2.19 bits per heavy atom. The first-order valence-electron chi connectivity index (χ1n) is 7.22. The molecular weight excluding hydrogens is 262 g/mol. The molecule has 1 aromatic rings. The number of hydrogen-bond donors (Lipinski definition) is 1. The number of anilines is 1. The highest BCUT2D eigenvalue weighted by Gasteiger charge is 2.30. The number of ether oxygens (including phenoxy) is 1. The number of para-hydroxylation sites is 1. The maximum atomic E-state index is 11.5. The summed E-state index contributed by atoms with van der Waals surface area (Å²) in [6.45, 7) is 2.20. The van der Waals surface area contributed by atoms with Crippen LogP contribution in [0.25, 0.3) is 5.57 Å². The van der Waals surface area contributed by atoms with E-state index < -0.39 is 0 Å². The summed E-state index contributed by atoms with van der Waals surface area (Å²) in [4.78, 5) is 11.5. The number of methoxy groups -OCH3 is 1. The number of fused-ring (bicyclic) bond motifs is 2. The summed E-state index contributed by atoms with van der Waals surface area (Å²) in [5.41, 5.74) is 4.65. The van der Waals surface area contributed by atoms with E-state index in [9.17, 15) is 4.79 Å². The largest absolute Gasteiger partial charge is 0.469 e. The zero-order valence-corrected chi connectivity index (χ0v) is 12.3. The number of benzene rings is 1. The molecule has 0 aromatic heterocycles. The van der Waals surface area contributed by atoms with Crippen molar-refractivity contribution in [2.45, 2.75) is 19.4 Å². The van der Waals surface area contributed by atoms with Crippen LogP contribution in [-0.4, -0.2) is 19.1 Å². The van der Waals surface area contributed by atoms with Crippen molar-refractivity contribution in [3.05, 3.63) is 59.7 Å². The molecule has 3 rings (SSSR count). The number of carbonyl (C=O) groups excluding carboxylic acids is 1. The Labute approximate surface area is 125 Å². The van der Waals surface area contributed by atoms with Crippen LogP contribution in [0.2, 0.25) is 0 Å². The van der Waals surface area contributed by atoms with Crippen LogP contribution in [0.15, 0.2) is 54.1 Å². The molecular formula is C18H19NO2. The van der Waals surface area contributed by atoms with E-state index in [-0.39, 0.29) is 12.0 Å². The van der Waals surface area contributed by atoms with Crippen LogP contribution < -0.4 is 5.32 Å². The second kappa shape index (κ2) is 5.60. The molecule has 0 spiro atoms. The summed E-state index contributed by atoms with van der Waals surface area (Å²) < 4.78 is 4.75. The molecule has 3 heteroatoms. The summed E-state index contributed by atoms with van der Waals surface area (Å²) in [6.07, 6.45) is 8.71. The zero-order valence-electron chi connectivity index (χ0n) is 12.3. The Kier molecular flexibility index (Phi) is 3.65. The van der Waals surface area contributed by atoms with Crippen LogP contribution >= 0.6 is 0 Å². The van der Waals surface area contributed by atoms with Gasteiger partial charge in [0.2, 0.25) is 0 Å². The van der Waals surface area contributed by atoms with Gasteiger partial charge in [0.05, 0.1) is 19.6 Å². The van der Waals surface area contributed by atoms with Gasteiger partial charge in [-0.05, 0) is 23.1 Å². The van der Waals surface area contributed by atoms with Gasteiger partial charge in [-0.1, -0.05) is 49.4 Å². The normalized spacial score (nSPS) is 24.7. The Morgan fingerprint density at radius 1 is 1.38 bits per heavy atom. The first-order valence-corrected chi connectivity index (χ1v) is 7.22. The van der Waals surface area contributed by atoms with E-state index in [2.05, 4.69) is 42.6 Å². The Balaban J connectivity index is 2.06. The molecule has 3 nitrogen and oxygen atoms in total. The van der Waals surface area contributed by atoms with E-state index in [0.717, 1.165) is 16.8 Å². The Bertz CT molecular complexity index is 655. The number of esters is 1. The highest BCUT2D eigenvalue weighted by Crippen LogP contribution is 2.41. The Hall–Kier alpha value is -2.29. The predicted octanol–water partition coefficient (Wildman–Crippen LogP) is 3.56. The summed E-state index contributed by atoms with van der Waals surface area (Å²) in [7, 11) is 1.42. The molecule has 1 aliphatic heterocycles. The van der Waals surface area contributed by atoms with Crippen molar-refractivity contribution < 1.29 is 9.53 Å². The second-order valence-corrected chi connectivity index (χ2v) is 5.43. The van der Waals surface area contributed by atoms with Crippen molar-refractivity contribution in [2.75, 3.05) is 12.4 Å². The molecule has 2 unspecified atom stereocenters. The van der Waals surface area contributed by atoms with E-state index in [1.165, 1.54) is 12.7 Å². The molecule has 2 aliphatic rings. The van der Waals surface area contributed by atoms with Crippen LogP contribution in [-0.2, 0) is 9.53 Å². The van der Waals surface area contributed by atoms with E-state index in [0.29, 0.717) is 12.3 Å². The first kappa shape index (κ1) is 13.7. The molecule has 0 amide bonds. The zero-order chi connectivity index (χ0) is 14.8. The van der Waals surface area contributed by atoms with Crippen LogP contribution in [0.4, 0.5) is 5.69 Å². The predicted molar refractivity (Wildman–Crippen MR) is 84.8 cm³/mol. The van der Waals surface area contributed by atoms with Gasteiger partial charge >= 0.3 is 5.97 Å². The summed E-state index contributed by atoms with van der Waals surface area (Å²) in [6, 6.07) is 8.49. The molecule has 0 bridgehead atoms. The first-order chi connectivity index (χ1) is 10.2. The highest BCUT2D eigenvalue weighted by atomic mass is 16.5. The van der Waals surface area contributed by atoms with Crippen molar-refractivity contribution in [3.8, 4) is 0 Å². The lowest BCUT2D eigenvalue weighted by Crippen LogP contribution is -2.34. The summed E-state index contributed by atoms with van der Waals surface area (Å²) in [5.74, 6) is 0.204. The van der Waals surface area contributed by atoms with E-state index in [1.54, 1.807) is 0 Å². The number of allylic oxidation sites excluding steroid dienone is 2. The van der Waals surface area contributed by atoms with Crippen molar-refractivity contribution in [2.24, 2.45) is 5.92 Å². The van der Waals surface area contributed by atoms with E-state index >= 15 is 0 Å². The third-order valence-electron chi connectivity index (χ3n) is 4.09. The fraction of sp³-hybridized carbons (Fsp3) is 0.278. The van der Waals surface area contributed by atoms with Crippen LogP contribution in [0.5, 0.6) is 0 Å². The SMILES string of the molecule is COC(=O)C/C=C1/C2=CC=CC(C)C2Nc2ccccc21. The number of nitrogens with one attached hydrogen (secondary N) is 1. The van der Waals surface area contributed by atoms with Gasteiger partial charge in [-0.3, -0.25) is 4.79 Å². The molecule has 108 valence electrons. The molecule has 1 aliphatic carbocycles. The summed E-state index contributed by atoms with van der Waals surface area (Å²) >= 11 is 0. The minimum atomic E-state index is -0.213. The standard InChI is InChI=1S/C18H19NO2/c1-12-6-5-8-15-13(10-11-17(20)21-2)14-7-3-4-9-16(14)19-18(12)15/h3-10,12,18-19H,11H2,1-2H3/b13-10+. The molecule has 0 saturated heterocycles.